The molecule has 1 aliphatic heterocycles. The van der Waals surface area contributed by atoms with E-state index in [1.807, 2.05) is 6.20 Å². The van der Waals surface area contributed by atoms with Crippen molar-refractivity contribution in [1.82, 2.24) is 20.1 Å². The van der Waals surface area contributed by atoms with Crippen molar-refractivity contribution in [3.8, 4) is 11.4 Å². The van der Waals surface area contributed by atoms with E-state index in [1.54, 1.807) is 14.2 Å². The van der Waals surface area contributed by atoms with Crippen LogP contribution in [0.2, 0.25) is 0 Å². The van der Waals surface area contributed by atoms with Gasteiger partial charge >= 0.3 is 0 Å². The number of rotatable bonds is 6. The molecule has 1 spiro atoms. The van der Waals surface area contributed by atoms with E-state index in [0.717, 1.165) is 43.6 Å². The first kappa shape index (κ1) is 20.2. The van der Waals surface area contributed by atoms with Gasteiger partial charge in [0.2, 0.25) is 5.91 Å². The summed E-state index contributed by atoms with van der Waals surface area (Å²) >= 11 is 0. The smallest absolute Gasteiger partial charge is 0.238 e. The summed E-state index contributed by atoms with van der Waals surface area (Å²) in [7, 11) is 3.36. The zero-order valence-corrected chi connectivity index (χ0v) is 19.4. The van der Waals surface area contributed by atoms with Crippen LogP contribution in [-0.4, -0.2) is 65.5 Å². The van der Waals surface area contributed by atoms with Crippen LogP contribution in [0.3, 0.4) is 0 Å². The fraction of sp³-hybridized carbons (Fsp3) is 0.600. The Morgan fingerprint density at radius 2 is 2.00 bits per heavy atom. The molecule has 7 heteroatoms. The topological polar surface area (TPSA) is 83.2 Å². The van der Waals surface area contributed by atoms with E-state index in [-0.39, 0.29) is 11.4 Å². The maximum absolute atomic E-state index is 14.0. The van der Waals surface area contributed by atoms with E-state index in [2.05, 4.69) is 40.0 Å². The monoisotopic (exact) mass is 436 g/mol. The molecule has 0 aromatic carbocycles. The molecule has 0 bridgehead atoms. The minimum Gasteiger partial charge on any atom is -0.383 e. The number of fused-ring (bicyclic) bond motifs is 6. The van der Waals surface area contributed by atoms with E-state index in [0.29, 0.717) is 25.0 Å². The number of likely N-dealkylation sites (tertiary alicyclic amines) is 1. The van der Waals surface area contributed by atoms with Crippen LogP contribution in [0.25, 0.3) is 17.5 Å². The molecule has 1 saturated heterocycles. The number of hydrogen-bond acceptors (Lipinski definition) is 4. The Balaban J connectivity index is 1.56. The second-order valence-corrected chi connectivity index (χ2v) is 10.4. The highest BCUT2D eigenvalue weighted by Gasteiger charge is 2.75. The summed E-state index contributed by atoms with van der Waals surface area (Å²) < 4.78 is 11.3. The van der Waals surface area contributed by atoms with Crippen LogP contribution in [0, 0.1) is 11.3 Å². The molecule has 0 radical (unpaired) electrons. The number of nitrogens with zero attached hydrogens (tertiary/aromatic N) is 2. The lowest BCUT2D eigenvalue weighted by Crippen LogP contribution is -2.43. The van der Waals surface area contributed by atoms with Crippen LogP contribution in [0.4, 0.5) is 0 Å². The predicted octanol–water partition coefficient (Wildman–Crippen LogP) is 3.29. The van der Waals surface area contributed by atoms with Crippen molar-refractivity contribution in [2.24, 2.45) is 11.3 Å². The molecule has 2 fully saturated rings. The molecule has 32 heavy (non-hydrogen) atoms. The third-order valence-electron chi connectivity index (χ3n) is 8.03. The first-order valence-electron chi connectivity index (χ1n) is 11.8. The number of H-pyrrole nitrogens is 2. The number of carbonyl (C=O) groups is 1. The molecule has 6 rings (SSSR count). The molecular formula is C25H32N4O3. The SMILES string of the molecule is COCC1(COC)C(=O)N(CC(C)C)C23CC2c2c([nH]c4c2CCCc2cn[nH]c2-4)C=C13. The van der Waals surface area contributed by atoms with Gasteiger partial charge < -0.3 is 19.4 Å². The van der Waals surface area contributed by atoms with Crippen molar-refractivity contribution >= 4 is 12.0 Å². The minimum absolute atomic E-state index is 0.163. The zero-order chi connectivity index (χ0) is 22.3. The van der Waals surface area contributed by atoms with Gasteiger partial charge in [0, 0.05) is 32.4 Å². The van der Waals surface area contributed by atoms with E-state index in [4.69, 9.17) is 9.47 Å². The van der Waals surface area contributed by atoms with E-state index < -0.39 is 5.41 Å². The van der Waals surface area contributed by atoms with E-state index in [9.17, 15) is 4.79 Å². The van der Waals surface area contributed by atoms with Gasteiger partial charge in [-0.15, -0.1) is 0 Å². The number of aromatic nitrogens is 3. The first-order valence-corrected chi connectivity index (χ1v) is 11.8. The largest absolute Gasteiger partial charge is 0.383 e. The molecule has 3 aliphatic carbocycles. The number of amides is 1. The maximum atomic E-state index is 14.0. The molecule has 170 valence electrons. The number of ether oxygens (including phenoxy) is 2. The molecule has 3 heterocycles. The number of carbonyl (C=O) groups excluding carboxylic acids is 1. The van der Waals surface area contributed by atoms with Crippen molar-refractivity contribution in [3.63, 3.8) is 0 Å². The average molecular weight is 437 g/mol. The van der Waals surface area contributed by atoms with Crippen LogP contribution in [-0.2, 0) is 27.1 Å². The predicted molar refractivity (Wildman–Crippen MR) is 121 cm³/mol. The Morgan fingerprint density at radius 1 is 1.22 bits per heavy atom. The van der Waals surface area contributed by atoms with Crippen LogP contribution >= 0.6 is 0 Å². The minimum atomic E-state index is -0.757. The van der Waals surface area contributed by atoms with Crippen molar-refractivity contribution in [3.05, 3.63) is 34.2 Å². The molecule has 1 amide bonds. The third kappa shape index (κ3) is 2.38. The lowest BCUT2D eigenvalue weighted by Gasteiger charge is -2.31. The Kier molecular flexibility index (Phi) is 4.31. The molecule has 2 atom stereocenters. The second kappa shape index (κ2) is 6.81. The van der Waals surface area contributed by atoms with Gasteiger partial charge in [0.05, 0.1) is 36.3 Å². The Morgan fingerprint density at radius 3 is 2.72 bits per heavy atom. The standard InChI is InChI=1S/C25H32N4O3/c1-14(2)11-29-23(30)24(12-31-3,13-32-4)19-8-18-20(17-9-25(17,19)29)16-7-5-6-15-10-26-28-21(15)22(16)27-18/h8,10,14,17,27H,5-7,9,11-13H2,1-4H3,(H,26,28). The van der Waals surface area contributed by atoms with Crippen LogP contribution in [0.1, 0.15) is 55.0 Å². The number of hydrogen-bond donors (Lipinski definition) is 2. The summed E-state index contributed by atoms with van der Waals surface area (Å²) in [5.74, 6) is 0.894. The number of aryl methyl sites for hydroxylation is 1. The Hall–Kier alpha value is -2.38. The maximum Gasteiger partial charge on any atom is 0.238 e. The van der Waals surface area contributed by atoms with Crippen molar-refractivity contribution < 1.29 is 14.3 Å². The van der Waals surface area contributed by atoms with Gasteiger partial charge in [0.25, 0.3) is 0 Å². The Labute approximate surface area is 188 Å². The van der Waals surface area contributed by atoms with Gasteiger partial charge in [-0.05, 0) is 59.9 Å². The normalized spacial score (nSPS) is 26.8. The number of nitrogens with one attached hydrogen (secondary N) is 2. The number of methoxy groups -OCH3 is 2. The highest BCUT2D eigenvalue weighted by Crippen LogP contribution is 2.71. The van der Waals surface area contributed by atoms with Gasteiger partial charge in [0.1, 0.15) is 5.41 Å². The number of aromatic amines is 2. The van der Waals surface area contributed by atoms with Gasteiger partial charge in [-0.3, -0.25) is 9.89 Å². The van der Waals surface area contributed by atoms with Crippen LogP contribution in [0.15, 0.2) is 11.8 Å². The zero-order valence-electron chi connectivity index (χ0n) is 19.4. The summed E-state index contributed by atoms with van der Waals surface area (Å²) in [5, 5.41) is 7.55. The van der Waals surface area contributed by atoms with Crippen molar-refractivity contribution in [2.75, 3.05) is 34.0 Å². The fourth-order valence-corrected chi connectivity index (χ4v) is 6.87. The van der Waals surface area contributed by atoms with E-state index >= 15 is 0 Å². The molecule has 2 unspecified atom stereocenters. The molecule has 7 nitrogen and oxygen atoms in total. The van der Waals surface area contributed by atoms with E-state index in [1.165, 1.54) is 28.0 Å². The van der Waals surface area contributed by atoms with Crippen LogP contribution < -0.4 is 0 Å². The lowest BCUT2D eigenvalue weighted by molar-refractivity contribution is -0.142. The van der Waals surface area contributed by atoms with Gasteiger partial charge in [-0.1, -0.05) is 13.8 Å². The quantitative estimate of drug-likeness (QED) is 0.728. The summed E-state index contributed by atoms with van der Waals surface area (Å²) in [5.41, 5.74) is 7.76. The van der Waals surface area contributed by atoms with Gasteiger partial charge in [-0.2, -0.15) is 5.10 Å². The highest BCUT2D eigenvalue weighted by molar-refractivity contribution is 5.97. The van der Waals surface area contributed by atoms with Gasteiger partial charge in [0.15, 0.2) is 0 Å². The summed E-state index contributed by atoms with van der Waals surface area (Å²) in [6, 6.07) is 0. The second-order valence-electron chi connectivity index (χ2n) is 10.4. The molecule has 2 aromatic heterocycles. The molecule has 2 aromatic rings. The highest BCUT2D eigenvalue weighted by atomic mass is 16.5. The Bertz CT molecular complexity index is 1120. The lowest BCUT2D eigenvalue weighted by atomic mass is 9.76. The van der Waals surface area contributed by atoms with Crippen molar-refractivity contribution in [2.45, 2.75) is 51.0 Å². The summed E-state index contributed by atoms with van der Waals surface area (Å²) in [4.78, 5) is 19.9. The van der Waals surface area contributed by atoms with Gasteiger partial charge in [-0.25, -0.2) is 0 Å². The fourth-order valence-electron chi connectivity index (χ4n) is 6.87. The van der Waals surface area contributed by atoms with Crippen molar-refractivity contribution in [1.29, 1.82) is 0 Å². The first-order chi connectivity index (χ1) is 15.5. The molecule has 1 saturated carbocycles. The summed E-state index contributed by atoms with van der Waals surface area (Å²) in [6.45, 7) is 5.82. The summed E-state index contributed by atoms with van der Waals surface area (Å²) in [6.07, 6.45) is 8.42. The molecular weight excluding hydrogens is 404 g/mol. The average Bonchev–Trinajstić information content (AvgIpc) is 3.15. The van der Waals surface area contributed by atoms with Crippen LogP contribution in [0.5, 0.6) is 0 Å². The molecule has 4 aliphatic rings. The molecule has 2 N–H and O–H groups in total. The third-order valence-corrected chi connectivity index (χ3v) is 8.03.